The molecular formula is C57H32N6O. The summed E-state index contributed by atoms with van der Waals surface area (Å²) in [7, 11) is 0. The molecule has 0 amide bonds. The van der Waals surface area contributed by atoms with E-state index in [-0.39, 0.29) is 0 Å². The lowest BCUT2D eigenvalue weighted by Gasteiger charge is -2.10. The monoisotopic (exact) mass is 816 g/mol. The van der Waals surface area contributed by atoms with Gasteiger partial charge in [0.25, 0.3) is 0 Å². The maximum atomic E-state index is 9.89. The molecule has 7 heteroatoms. The quantitative estimate of drug-likeness (QED) is 0.172. The first-order chi connectivity index (χ1) is 31.6. The van der Waals surface area contributed by atoms with Gasteiger partial charge in [0.05, 0.1) is 22.7 Å². The molecule has 0 spiro atoms. The van der Waals surface area contributed by atoms with Crippen LogP contribution in [0.5, 0.6) is 0 Å². The normalized spacial score (nSPS) is 11.7. The van der Waals surface area contributed by atoms with Gasteiger partial charge in [0.1, 0.15) is 11.1 Å². The lowest BCUT2D eigenvalue weighted by molar-refractivity contribution is 0.668. The fourth-order valence-corrected chi connectivity index (χ4v) is 9.23. The van der Waals surface area contributed by atoms with Crippen LogP contribution in [0.1, 0.15) is 5.56 Å². The Kier molecular flexibility index (Phi) is 7.83. The fourth-order valence-electron chi connectivity index (χ4n) is 9.23. The van der Waals surface area contributed by atoms with Crippen LogP contribution in [-0.4, -0.2) is 24.5 Å². The molecule has 13 rings (SSSR count). The maximum Gasteiger partial charge on any atom is 0.165 e. The second kappa shape index (κ2) is 14.0. The molecule has 0 saturated heterocycles. The smallest absolute Gasteiger partial charge is 0.165 e. The molecule has 9 aromatic carbocycles. The predicted molar refractivity (Wildman–Crippen MR) is 258 cm³/mol. The zero-order valence-electron chi connectivity index (χ0n) is 34.1. The Bertz CT molecular complexity index is 4020. The Morgan fingerprint density at radius 2 is 0.922 bits per heavy atom. The lowest BCUT2D eigenvalue weighted by Crippen LogP contribution is -2.00. The summed E-state index contributed by atoms with van der Waals surface area (Å²) in [5.41, 5.74) is 10.5. The Labute approximate surface area is 365 Å². The van der Waals surface area contributed by atoms with E-state index in [0.717, 1.165) is 93.3 Å². The molecule has 0 bridgehead atoms. The molecule has 0 aliphatic heterocycles. The van der Waals surface area contributed by atoms with Crippen LogP contribution in [0.15, 0.2) is 199 Å². The molecule has 296 valence electrons. The highest BCUT2D eigenvalue weighted by molar-refractivity contribution is 6.11. The van der Waals surface area contributed by atoms with Crippen LogP contribution in [0.3, 0.4) is 0 Å². The summed E-state index contributed by atoms with van der Waals surface area (Å²) in [6.07, 6.45) is 1.82. The number of nitriles is 1. The summed E-state index contributed by atoms with van der Waals surface area (Å²) in [6.45, 7) is 0. The number of furan rings is 1. The molecule has 13 aromatic rings. The van der Waals surface area contributed by atoms with Crippen molar-refractivity contribution < 1.29 is 4.42 Å². The number of nitrogens with zero attached hydrogens (tertiary/aromatic N) is 6. The van der Waals surface area contributed by atoms with E-state index in [1.165, 1.54) is 10.8 Å². The highest BCUT2D eigenvalue weighted by Gasteiger charge is 2.18. The second-order valence-corrected chi connectivity index (χ2v) is 16.3. The SMILES string of the molecule is N#Cc1ccc2c(c1)c1cc(-c3ccc4c(c3)oc3cc(-c5nc(-c6ccc7ccccc7c6)nc(-c6ccc7ccccc7c6)n5)cnc34)ccc1n2-c1ccc2ccccc2c1. The molecule has 7 nitrogen and oxygen atoms in total. The van der Waals surface area contributed by atoms with Gasteiger partial charge in [-0.1, -0.05) is 115 Å². The van der Waals surface area contributed by atoms with Crippen molar-refractivity contribution in [3.05, 3.63) is 200 Å². The number of fused-ring (bicyclic) bond motifs is 9. The van der Waals surface area contributed by atoms with E-state index >= 15 is 0 Å². The minimum Gasteiger partial charge on any atom is -0.454 e. The highest BCUT2D eigenvalue weighted by Crippen LogP contribution is 2.39. The standard InChI is InChI=1S/C57H32N6O/c58-32-34-13-23-50-48(25-34)49-29-41(20-24-51(49)63(50)46-21-18-37-9-3-6-12-40(37)28-46)42-19-22-47-52(30-42)64-53-31-45(33-59-54(47)53)57-61-55(43-16-14-35-7-1-4-10-38(35)26-43)60-56(62-57)44-17-15-36-8-2-5-11-39(36)27-44/h1-31,33H. The van der Waals surface area contributed by atoms with Gasteiger partial charge < -0.3 is 8.98 Å². The summed E-state index contributed by atoms with van der Waals surface area (Å²) in [4.78, 5) is 20.1. The van der Waals surface area contributed by atoms with Crippen LogP contribution in [-0.2, 0) is 0 Å². The van der Waals surface area contributed by atoms with Gasteiger partial charge in [-0.25, -0.2) is 15.0 Å². The van der Waals surface area contributed by atoms with Gasteiger partial charge in [0.15, 0.2) is 23.1 Å². The van der Waals surface area contributed by atoms with E-state index in [1.54, 1.807) is 0 Å². The van der Waals surface area contributed by atoms with Gasteiger partial charge >= 0.3 is 0 Å². The van der Waals surface area contributed by atoms with Gasteiger partial charge in [0.2, 0.25) is 0 Å². The molecule has 64 heavy (non-hydrogen) atoms. The van der Waals surface area contributed by atoms with Crippen molar-refractivity contribution in [1.29, 1.82) is 5.26 Å². The lowest BCUT2D eigenvalue weighted by atomic mass is 10.0. The molecule has 0 fully saturated rings. The molecular weight excluding hydrogens is 785 g/mol. The Morgan fingerprint density at radius 1 is 0.406 bits per heavy atom. The summed E-state index contributed by atoms with van der Waals surface area (Å²) < 4.78 is 8.90. The second-order valence-electron chi connectivity index (χ2n) is 16.3. The molecule has 0 saturated carbocycles. The molecule has 0 N–H and O–H groups in total. The van der Waals surface area contributed by atoms with Crippen LogP contribution in [0.25, 0.3) is 127 Å². The topological polar surface area (TPSA) is 93.4 Å². The van der Waals surface area contributed by atoms with Crippen LogP contribution in [0.4, 0.5) is 0 Å². The third-order valence-electron chi connectivity index (χ3n) is 12.4. The van der Waals surface area contributed by atoms with Crippen LogP contribution < -0.4 is 0 Å². The van der Waals surface area contributed by atoms with Gasteiger partial charge in [-0.2, -0.15) is 5.26 Å². The molecule has 0 radical (unpaired) electrons. The van der Waals surface area contributed by atoms with Crippen molar-refractivity contribution in [3.8, 4) is 57.0 Å². The molecule has 4 heterocycles. The number of benzene rings is 9. The highest BCUT2D eigenvalue weighted by atomic mass is 16.3. The summed E-state index contributed by atoms with van der Waals surface area (Å²) in [5, 5.41) is 19.8. The zero-order chi connectivity index (χ0) is 42.3. The van der Waals surface area contributed by atoms with E-state index < -0.39 is 0 Å². The number of aromatic nitrogens is 5. The molecule has 0 unspecified atom stereocenters. The van der Waals surface area contributed by atoms with E-state index in [0.29, 0.717) is 28.6 Å². The first-order valence-electron chi connectivity index (χ1n) is 21.2. The van der Waals surface area contributed by atoms with Gasteiger partial charge in [-0.05, 0) is 116 Å². The van der Waals surface area contributed by atoms with Crippen LogP contribution in [0, 0.1) is 11.3 Å². The summed E-state index contributed by atoms with van der Waals surface area (Å²) in [5.74, 6) is 1.66. The number of hydrogen-bond acceptors (Lipinski definition) is 6. The maximum absolute atomic E-state index is 9.89. The van der Waals surface area contributed by atoms with Gasteiger partial charge in [0, 0.05) is 44.7 Å². The van der Waals surface area contributed by atoms with Crippen molar-refractivity contribution in [1.82, 2.24) is 24.5 Å². The third-order valence-corrected chi connectivity index (χ3v) is 12.4. The Balaban J connectivity index is 0.917. The predicted octanol–water partition coefficient (Wildman–Crippen LogP) is 14.3. The average Bonchev–Trinajstić information content (AvgIpc) is 3.89. The van der Waals surface area contributed by atoms with Crippen molar-refractivity contribution in [2.75, 3.05) is 0 Å². The van der Waals surface area contributed by atoms with Gasteiger partial charge in [-0.15, -0.1) is 0 Å². The van der Waals surface area contributed by atoms with Gasteiger partial charge in [-0.3, -0.25) is 4.98 Å². The van der Waals surface area contributed by atoms with Crippen LogP contribution >= 0.6 is 0 Å². The van der Waals surface area contributed by atoms with Crippen molar-refractivity contribution in [3.63, 3.8) is 0 Å². The molecule has 0 atom stereocenters. The molecule has 0 aliphatic rings. The average molecular weight is 817 g/mol. The number of pyridine rings is 1. The third kappa shape index (κ3) is 5.82. The minimum atomic E-state index is 0.507. The molecule has 0 aliphatic carbocycles. The summed E-state index contributed by atoms with van der Waals surface area (Å²) in [6, 6.07) is 67.2. The van der Waals surface area contributed by atoms with Crippen molar-refractivity contribution in [2.45, 2.75) is 0 Å². The van der Waals surface area contributed by atoms with Crippen LogP contribution in [0.2, 0.25) is 0 Å². The molecule has 4 aromatic heterocycles. The van der Waals surface area contributed by atoms with E-state index in [4.69, 9.17) is 24.4 Å². The van der Waals surface area contributed by atoms with E-state index in [2.05, 4.69) is 156 Å². The largest absolute Gasteiger partial charge is 0.454 e. The zero-order valence-corrected chi connectivity index (χ0v) is 34.1. The first kappa shape index (κ1) is 35.7. The van der Waals surface area contributed by atoms with Crippen molar-refractivity contribution in [2.24, 2.45) is 0 Å². The van der Waals surface area contributed by atoms with Crippen molar-refractivity contribution >= 4 is 76.2 Å². The minimum absolute atomic E-state index is 0.507. The van der Waals surface area contributed by atoms with E-state index in [9.17, 15) is 5.26 Å². The summed E-state index contributed by atoms with van der Waals surface area (Å²) >= 11 is 0. The Hall–Kier alpha value is -8.99. The van der Waals surface area contributed by atoms with E-state index in [1.807, 2.05) is 48.7 Å². The fraction of sp³-hybridized carbons (Fsp3) is 0. The number of hydrogen-bond donors (Lipinski definition) is 0. The first-order valence-corrected chi connectivity index (χ1v) is 21.2. The Morgan fingerprint density at radius 3 is 1.58 bits per heavy atom. The number of rotatable bonds is 5.